The number of nitrogens with zero attached hydrogens (tertiary/aromatic N) is 1. The summed E-state index contributed by atoms with van der Waals surface area (Å²) in [5.41, 5.74) is 0. The summed E-state index contributed by atoms with van der Waals surface area (Å²) < 4.78 is 34.7. The quantitative estimate of drug-likeness (QED) is 0.772. The lowest BCUT2D eigenvalue weighted by atomic mass is 10.1. The monoisotopic (exact) mass is 291 g/mol. The Morgan fingerprint density at radius 2 is 1.84 bits per heavy atom. The first-order valence-corrected chi connectivity index (χ1v) is 8.55. The second kappa shape index (κ2) is 6.49. The van der Waals surface area contributed by atoms with Crippen LogP contribution in [-0.4, -0.2) is 57.2 Å². The fraction of sp³-hybridized carbons (Fsp3) is 1.00. The van der Waals surface area contributed by atoms with Crippen LogP contribution in [0.2, 0.25) is 0 Å². The van der Waals surface area contributed by atoms with Crippen LogP contribution in [0.3, 0.4) is 0 Å². The SMILES string of the molecule is CC1CN(S(=O)(=O)NC2CCCNCC2)CC(C)O1. The van der Waals surface area contributed by atoms with Crippen LogP contribution in [0.1, 0.15) is 33.1 Å². The number of nitrogens with one attached hydrogen (secondary N) is 2. The summed E-state index contributed by atoms with van der Waals surface area (Å²) in [6.45, 7) is 6.55. The highest BCUT2D eigenvalue weighted by molar-refractivity contribution is 7.87. The molecule has 3 atom stereocenters. The second-order valence-corrected chi connectivity index (χ2v) is 7.28. The molecule has 0 aromatic rings. The lowest BCUT2D eigenvalue weighted by molar-refractivity contribution is -0.0444. The maximum Gasteiger partial charge on any atom is 0.279 e. The first-order chi connectivity index (χ1) is 8.97. The summed E-state index contributed by atoms with van der Waals surface area (Å²) in [6, 6.07) is 0.0495. The molecule has 3 unspecified atom stereocenters. The maximum atomic E-state index is 12.4. The van der Waals surface area contributed by atoms with Gasteiger partial charge >= 0.3 is 0 Å². The van der Waals surface area contributed by atoms with E-state index in [0.29, 0.717) is 13.1 Å². The van der Waals surface area contributed by atoms with Crippen LogP contribution in [0.5, 0.6) is 0 Å². The van der Waals surface area contributed by atoms with E-state index in [1.807, 2.05) is 13.8 Å². The molecule has 2 heterocycles. The van der Waals surface area contributed by atoms with Crippen LogP contribution in [0.25, 0.3) is 0 Å². The zero-order valence-corrected chi connectivity index (χ0v) is 12.6. The van der Waals surface area contributed by atoms with Gasteiger partial charge in [0.05, 0.1) is 12.2 Å². The van der Waals surface area contributed by atoms with Gasteiger partial charge in [-0.2, -0.15) is 17.4 Å². The summed E-state index contributed by atoms with van der Waals surface area (Å²) in [6.07, 6.45) is 2.69. The molecule has 0 aliphatic carbocycles. The lowest BCUT2D eigenvalue weighted by Crippen LogP contribution is -2.53. The Hall–Kier alpha value is -0.210. The number of ether oxygens (including phenoxy) is 1. The van der Waals surface area contributed by atoms with E-state index in [1.165, 1.54) is 4.31 Å². The number of morpholine rings is 1. The summed E-state index contributed by atoms with van der Waals surface area (Å²) >= 11 is 0. The largest absolute Gasteiger partial charge is 0.373 e. The fourth-order valence-corrected chi connectivity index (χ4v) is 4.37. The van der Waals surface area contributed by atoms with E-state index in [1.54, 1.807) is 0 Å². The average Bonchev–Trinajstić information content (AvgIpc) is 2.55. The fourth-order valence-electron chi connectivity index (χ4n) is 2.75. The van der Waals surface area contributed by atoms with Gasteiger partial charge in [-0.15, -0.1) is 0 Å². The van der Waals surface area contributed by atoms with E-state index < -0.39 is 10.2 Å². The van der Waals surface area contributed by atoms with Crippen molar-refractivity contribution in [2.45, 2.75) is 51.4 Å². The first-order valence-electron chi connectivity index (χ1n) is 7.11. The molecule has 7 heteroatoms. The van der Waals surface area contributed by atoms with Gasteiger partial charge in [0.25, 0.3) is 10.2 Å². The molecule has 0 saturated carbocycles. The van der Waals surface area contributed by atoms with Crippen molar-refractivity contribution in [2.24, 2.45) is 0 Å². The van der Waals surface area contributed by atoms with Crippen molar-refractivity contribution in [3.05, 3.63) is 0 Å². The van der Waals surface area contributed by atoms with Gasteiger partial charge < -0.3 is 10.1 Å². The van der Waals surface area contributed by atoms with Crippen LogP contribution in [0.15, 0.2) is 0 Å². The first kappa shape index (κ1) is 15.2. The van der Waals surface area contributed by atoms with E-state index in [9.17, 15) is 8.42 Å². The van der Waals surface area contributed by atoms with Crippen LogP contribution < -0.4 is 10.0 Å². The standard InChI is InChI=1S/C12H25N3O3S/c1-10-8-15(9-11(2)18-10)19(16,17)14-12-4-3-6-13-7-5-12/h10-14H,3-9H2,1-2H3. The smallest absolute Gasteiger partial charge is 0.279 e. The van der Waals surface area contributed by atoms with Gasteiger partial charge in [-0.05, 0) is 46.2 Å². The minimum atomic E-state index is -3.39. The molecule has 2 rings (SSSR count). The molecule has 0 aromatic carbocycles. The molecule has 0 bridgehead atoms. The predicted molar refractivity (Wildman–Crippen MR) is 74.1 cm³/mol. The van der Waals surface area contributed by atoms with Gasteiger partial charge in [-0.3, -0.25) is 0 Å². The van der Waals surface area contributed by atoms with Crippen molar-refractivity contribution in [1.82, 2.24) is 14.3 Å². The summed E-state index contributed by atoms with van der Waals surface area (Å²) in [4.78, 5) is 0. The Morgan fingerprint density at radius 3 is 2.53 bits per heavy atom. The molecule has 0 aromatic heterocycles. The molecule has 0 radical (unpaired) electrons. The van der Waals surface area contributed by atoms with Crippen molar-refractivity contribution >= 4 is 10.2 Å². The van der Waals surface area contributed by atoms with Crippen molar-refractivity contribution in [2.75, 3.05) is 26.2 Å². The Kier molecular flexibility index (Phi) is 5.19. The molecule has 2 N–H and O–H groups in total. The van der Waals surface area contributed by atoms with E-state index in [2.05, 4.69) is 10.0 Å². The van der Waals surface area contributed by atoms with E-state index in [-0.39, 0.29) is 18.2 Å². The van der Waals surface area contributed by atoms with Crippen LogP contribution in [-0.2, 0) is 14.9 Å². The van der Waals surface area contributed by atoms with Crippen molar-refractivity contribution in [3.8, 4) is 0 Å². The molecule has 6 nitrogen and oxygen atoms in total. The summed E-state index contributed by atoms with van der Waals surface area (Å²) in [5, 5.41) is 3.29. The minimum absolute atomic E-state index is 0.0453. The molecule has 0 spiro atoms. The zero-order valence-electron chi connectivity index (χ0n) is 11.8. The van der Waals surface area contributed by atoms with Gasteiger partial charge in [-0.1, -0.05) is 0 Å². The normalized spacial score (nSPS) is 34.9. The summed E-state index contributed by atoms with van der Waals surface area (Å²) in [5.74, 6) is 0. The van der Waals surface area contributed by atoms with Crippen LogP contribution >= 0.6 is 0 Å². The third kappa shape index (κ3) is 4.39. The molecule has 2 aliphatic rings. The number of hydrogen-bond acceptors (Lipinski definition) is 4. The van der Waals surface area contributed by atoms with E-state index >= 15 is 0 Å². The highest BCUT2D eigenvalue weighted by atomic mass is 32.2. The third-order valence-corrected chi connectivity index (χ3v) is 5.23. The van der Waals surface area contributed by atoms with E-state index in [4.69, 9.17) is 4.74 Å². The second-order valence-electron chi connectivity index (χ2n) is 5.58. The lowest BCUT2D eigenvalue weighted by Gasteiger charge is -2.35. The third-order valence-electron chi connectivity index (χ3n) is 3.62. The molecule has 112 valence electrons. The Bertz CT molecular complexity index is 370. The molecular weight excluding hydrogens is 266 g/mol. The Labute approximate surface area is 116 Å². The number of rotatable bonds is 3. The zero-order chi connectivity index (χ0) is 13.9. The van der Waals surface area contributed by atoms with Gasteiger partial charge in [-0.25, -0.2) is 0 Å². The van der Waals surface area contributed by atoms with E-state index in [0.717, 1.165) is 32.4 Å². The Morgan fingerprint density at radius 1 is 1.16 bits per heavy atom. The van der Waals surface area contributed by atoms with Gasteiger partial charge in [0, 0.05) is 19.1 Å². The highest BCUT2D eigenvalue weighted by Gasteiger charge is 2.32. The molecule has 0 amide bonds. The molecule has 2 aliphatic heterocycles. The minimum Gasteiger partial charge on any atom is -0.373 e. The molecule has 19 heavy (non-hydrogen) atoms. The van der Waals surface area contributed by atoms with Crippen LogP contribution in [0.4, 0.5) is 0 Å². The van der Waals surface area contributed by atoms with Gasteiger partial charge in [0.2, 0.25) is 0 Å². The number of hydrogen-bond donors (Lipinski definition) is 2. The van der Waals surface area contributed by atoms with Crippen molar-refractivity contribution in [1.29, 1.82) is 0 Å². The summed E-state index contributed by atoms with van der Waals surface area (Å²) in [7, 11) is -3.39. The van der Waals surface area contributed by atoms with Crippen molar-refractivity contribution < 1.29 is 13.2 Å². The predicted octanol–water partition coefficient (Wildman–Crippen LogP) is 0.0721. The maximum absolute atomic E-state index is 12.4. The molecular formula is C12H25N3O3S. The average molecular weight is 291 g/mol. The van der Waals surface area contributed by atoms with Gasteiger partial charge in [0.15, 0.2) is 0 Å². The highest BCUT2D eigenvalue weighted by Crippen LogP contribution is 2.15. The molecule has 2 saturated heterocycles. The van der Waals surface area contributed by atoms with Crippen LogP contribution in [0, 0.1) is 0 Å². The molecule has 2 fully saturated rings. The topological polar surface area (TPSA) is 70.7 Å². The Balaban J connectivity index is 1.96. The van der Waals surface area contributed by atoms with Gasteiger partial charge in [0.1, 0.15) is 0 Å². The van der Waals surface area contributed by atoms with Crippen molar-refractivity contribution in [3.63, 3.8) is 0 Å².